The maximum Gasteiger partial charge on any atom is 0.335 e. The van der Waals surface area contributed by atoms with Gasteiger partial charge in [0, 0.05) is 5.56 Å². The number of carbonyl (C=O) groups is 1. The number of oxazole rings is 1. The fourth-order valence-electron chi connectivity index (χ4n) is 2.45. The van der Waals surface area contributed by atoms with E-state index >= 15 is 0 Å². The molecular weight excluding hydrogens is 278 g/mol. The minimum absolute atomic E-state index is 0.250. The lowest BCUT2D eigenvalue weighted by Gasteiger charge is -2.17. The van der Waals surface area contributed by atoms with Crippen molar-refractivity contribution < 1.29 is 14.3 Å². The summed E-state index contributed by atoms with van der Waals surface area (Å²) in [4.78, 5) is 15.2. The van der Waals surface area contributed by atoms with Crippen LogP contribution in [0.2, 0.25) is 0 Å². The topological polar surface area (TPSA) is 63.3 Å². The number of carboxylic acid groups (broad SMARTS) is 1. The number of carboxylic acids is 1. The van der Waals surface area contributed by atoms with Crippen LogP contribution in [-0.4, -0.2) is 16.1 Å². The summed E-state index contributed by atoms with van der Waals surface area (Å²) >= 11 is 0. The van der Waals surface area contributed by atoms with Crippen molar-refractivity contribution in [1.82, 2.24) is 4.98 Å². The monoisotopic (exact) mass is 295 g/mol. The third kappa shape index (κ3) is 2.72. The van der Waals surface area contributed by atoms with Crippen LogP contribution in [0.15, 0.2) is 52.6 Å². The summed E-state index contributed by atoms with van der Waals surface area (Å²) in [5.74, 6) is 0.839. The smallest absolute Gasteiger partial charge is 0.335 e. The van der Waals surface area contributed by atoms with Gasteiger partial charge in [0.25, 0.3) is 0 Å². The van der Waals surface area contributed by atoms with Gasteiger partial charge in [0.05, 0.1) is 11.8 Å². The van der Waals surface area contributed by atoms with Gasteiger partial charge in [-0.1, -0.05) is 24.6 Å². The second-order valence-corrected chi connectivity index (χ2v) is 5.62. The predicted molar refractivity (Wildman–Crippen MR) is 84.4 cm³/mol. The van der Waals surface area contributed by atoms with Gasteiger partial charge in [0.2, 0.25) is 5.89 Å². The Kier molecular flexibility index (Phi) is 3.67. The van der Waals surface area contributed by atoms with Gasteiger partial charge in [-0.25, -0.2) is 9.78 Å². The average Bonchev–Trinajstić information content (AvgIpc) is 3.00. The molecule has 2 aromatic rings. The highest BCUT2D eigenvalue weighted by Gasteiger charge is 2.17. The third-order valence-electron chi connectivity index (χ3n) is 4.05. The van der Waals surface area contributed by atoms with E-state index in [-0.39, 0.29) is 5.56 Å². The Morgan fingerprint density at radius 3 is 2.64 bits per heavy atom. The molecule has 1 aliphatic rings. The van der Waals surface area contributed by atoms with Crippen LogP contribution in [0.25, 0.3) is 17.0 Å². The largest absolute Gasteiger partial charge is 0.478 e. The summed E-state index contributed by atoms with van der Waals surface area (Å²) in [5, 5.41) is 8.91. The normalized spacial score (nSPS) is 17.8. The Bertz CT molecular complexity index is 766. The molecule has 0 saturated heterocycles. The summed E-state index contributed by atoms with van der Waals surface area (Å²) in [6.45, 7) is 4.33. The molecule has 1 heterocycles. The van der Waals surface area contributed by atoms with Crippen molar-refractivity contribution >= 4 is 11.5 Å². The number of rotatable bonds is 3. The van der Waals surface area contributed by atoms with Crippen LogP contribution in [0, 0.1) is 5.92 Å². The SMILES string of the molecule is CC1=CC=C(c2cnc(-c3ccc(C(=O)O)cc3)o2)CC1C. The van der Waals surface area contributed by atoms with E-state index in [0.29, 0.717) is 11.8 Å². The molecule has 1 aromatic heterocycles. The van der Waals surface area contributed by atoms with Gasteiger partial charge in [-0.3, -0.25) is 0 Å². The molecule has 0 amide bonds. The third-order valence-corrected chi connectivity index (χ3v) is 4.05. The van der Waals surface area contributed by atoms with Crippen LogP contribution in [-0.2, 0) is 0 Å². The molecule has 0 aliphatic heterocycles. The molecule has 1 unspecified atom stereocenters. The van der Waals surface area contributed by atoms with E-state index in [4.69, 9.17) is 9.52 Å². The first kappa shape index (κ1) is 14.3. The van der Waals surface area contributed by atoms with Crippen molar-refractivity contribution in [1.29, 1.82) is 0 Å². The summed E-state index contributed by atoms with van der Waals surface area (Å²) in [7, 11) is 0. The number of aromatic nitrogens is 1. The zero-order valence-electron chi connectivity index (χ0n) is 12.5. The van der Waals surface area contributed by atoms with Crippen LogP contribution in [0.5, 0.6) is 0 Å². The van der Waals surface area contributed by atoms with Crippen LogP contribution in [0.3, 0.4) is 0 Å². The van der Waals surface area contributed by atoms with Crippen LogP contribution in [0.4, 0.5) is 0 Å². The van der Waals surface area contributed by atoms with Gasteiger partial charge < -0.3 is 9.52 Å². The fourth-order valence-corrected chi connectivity index (χ4v) is 2.45. The molecule has 22 heavy (non-hydrogen) atoms. The van der Waals surface area contributed by atoms with Crippen molar-refractivity contribution in [2.24, 2.45) is 5.92 Å². The van der Waals surface area contributed by atoms with E-state index in [1.807, 2.05) is 0 Å². The van der Waals surface area contributed by atoms with Crippen LogP contribution in [0.1, 0.15) is 36.4 Å². The van der Waals surface area contributed by atoms with Crippen molar-refractivity contribution in [3.05, 3.63) is 59.5 Å². The summed E-state index contributed by atoms with van der Waals surface area (Å²) < 4.78 is 5.84. The number of nitrogens with zero attached hydrogens (tertiary/aromatic N) is 1. The van der Waals surface area contributed by atoms with Crippen molar-refractivity contribution in [2.75, 3.05) is 0 Å². The summed E-state index contributed by atoms with van der Waals surface area (Å²) in [6, 6.07) is 6.52. The molecular formula is C18H17NO3. The molecule has 0 fully saturated rings. The van der Waals surface area contributed by atoms with E-state index in [0.717, 1.165) is 23.3 Å². The van der Waals surface area contributed by atoms with E-state index in [1.54, 1.807) is 30.5 Å². The lowest BCUT2D eigenvalue weighted by molar-refractivity contribution is 0.0697. The molecule has 1 atom stereocenters. The molecule has 0 bridgehead atoms. The van der Waals surface area contributed by atoms with Gasteiger partial charge in [0.1, 0.15) is 0 Å². The van der Waals surface area contributed by atoms with Crippen LogP contribution >= 0.6 is 0 Å². The molecule has 0 radical (unpaired) electrons. The van der Waals surface area contributed by atoms with E-state index in [2.05, 4.69) is 31.0 Å². The number of aromatic carboxylic acids is 1. The number of hydrogen-bond donors (Lipinski definition) is 1. The highest BCUT2D eigenvalue weighted by molar-refractivity contribution is 5.88. The van der Waals surface area contributed by atoms with Crippen molar-refractivity contribution in [3.8, 4) is 11.5 Å². The van der Waals surface area contributed by atoms with E-state index in [9.17, 15) is 4.79 Å². The molecule has 112 valence electrons. The first-order valence-corrected chi connectivity index (χ1v) is 7.22. The first-order chi connectivity index (χ1) is 10.5. The molecule has 0 saturated carbocycles. The Morgan fingerprint density at radius 1 is 1.27 bits per heavy atom. The molecule has 3 rings (SSSR count). The lowest BCUT2D eigenvalue weighted by Crippen LogP contribution is -2.01. The molecule has 1 N–H and O–H groups in total. The fraction of sp³-hybridized carbons (Fsp3) is 0.222. The quantitative estimate of drug-likeness (QED) is 0.911. The Balaban J connectivity index is 1.86. The van der Waals surface area contributed by atoms with Gasteiger partial charge in [0.15, 0.2) is 5.76 Å². The summed E-state index contributed by atoms with van der Waals surface area (Å²) in [5.41, 5.74) is 3.53. The average molecular weight is 295 g/mol. The van der Waals surface area contributed by atoms with Gasteiger partial charge in [-0.2, -0.15) is 0 Å². The highest BCUT2D eigenvalue weighted by Crippen LogP contribution is 2.32. The highest BCUT2D eigenvalue weighted by atomic mass is 16.4. The minimum atomic E-state index is -0.942. The van der Waals surface area contributed by atoms with E-state index < -0.39 is 5.97 Å². The summed E-state index contributed by atoms with van der Waals surface area (Å²) in [6.07, 6.45) is 6.86. The van der Waals surface area contributed by atoms with Gasteiger partial charge in [-0.05, 0) is 49.1 Å². The lowest BCUT2D eigenvalue weighted by atomic mass is 9.89. The second-order valence-electron chi connectivity index (χ2n) is 5.62. The molecule has 0 spiro atoms. The molecule has 4 heteroatoms. The van der Waals surface area contributed by atoms with Crippen molar-refractivity contribution in [3.63, 3.8) is 0 Å². The van der Waals surface area contributed by atoms with Gasteiger partial charge >= 0.3 is 5.97 Å². The van der Waals surface area contributed by atoms with Crippen LogP contribution < -0.4 is 0 Å². The zero-order valence-corrected chi connectivity index (χ0v) is 12.5. The zero-order chi connectivity index (χ0) is 15.7. The molecule has 1 aromatic carbocycles. The first-order valence-electron chi connectivity index (χ1n) is 7.22. The Hall–Kier alpha value is -2.62. The Labute approximate surface area is 128 Å². The maximum absolute atomic E-state index is 10.9. The standard InChI is InChI=1S/C18H17NO3/c1-11-3-4-15(9-12(11)2)16-10-19-17(22-16)13-5-7-14(8-6-13)18(20)21/h3-8,10,12H,9H2,1-2H3,(H,20,21). The van der Waals surface area contributed by atoms with Crippen molar-refractivity contribution in [2.45, 2.75) is 20.3 Å². The van der Waals surface area contributed by atoms with E-state index in [1.165, 1.54) is 5.57 Å². The Morgan fingerprint density at radius 2 is 2.00 bits per heavy atom. The number of allylic oxidation sites excluding steroid dienone is 4. The number of benzene rings is 1. The predicted octanol–water partition coefficient (Wildman–Crippen LogP) is 4.41. The van der Waals surface area contributed by atoms with Gasteiger partial charge in [-0.15, -0.1) is 0 Å². The number of hydrogen-bond acceptors (Lipinski definition) is 3. The molecule has 4 nitrogen and oxygen atoms in total. The minimum Gasteiger partial charge on any atom is -0.478 e. The maximum atomic E-state index is 10.9. The second kappa shape index (κ2) is 5.64. The molecule has 1 aliphatic carbocycles.